The summed E-state index contributed by atoms with van der Waals surface area (Å²) in [6, 6.07) is 9.49. The van der Waals surface area contributed by atoms with Crippen LogP contribution in [0.2, 0.25) is 0 Å². The Labute approximate surface area is 194 Å². The summed E-state index contributed by atoms with van der Waals surface area (Å²) in [6.45, 7) is 0.125. The minimum Gasteiger partial charge on any atom is -0.495 e. The number of nitrogens with one attached hydrogen (secondary N) is 1. The third kappa shape index (κ3) is 5.88. The summed E-state index contributed by atoms with van der Waals surface area (Å²) in [5.41, 5.74) is -3.91. The summed E-state index contributed by atoms with van der Waals surface area (Å²) in [7, 11) is -1.97. The Hall–Kier alpha value is -1.87. The van der Waals surface area contributed by atoms with Gasteiger partial charge < -0.3 is 10.1 Å². The number of fused-ring (bicyclic) bond motifs is 1. The highest BCUT2D eigenvalue weighted by Gasteiger charge is 2.32. The second-order valence-electron chi connectivity index (χ2n) is 6.21. The largest absolute Gasteiger partial charge is 0.495 e. The highest BCUT2D eigenvalue weighted by molar-refractivity contribution is 9.10. The van der Waals surface area contributed by atoms with Gasteiger partial charge in [-0.3, -0.25) is 0 Å². The number of benzene rings is 2. The molecule has 31 heavy (non-hydrogen) atoms. The fourth-order valence-electron chi connectivity index (χ4n) is 2.67. The van der Waals surface area contributed by atoms with Crippen molar-refractivity contribution in [2.24, 2.45) is 0 Å². The number of rotatable bonds is 5. The topological polar surface area (TPSA) is 55.4 Å². The van der Waals surface area contributed by atoms with Gasteiger partial charge in [0, 0.05) is 22.2 Å². The van der Waals surface area contributed by atoms with Crippen LogP contribution in [0.25, 0.3) is 10.1 Å². The van der Waals surface area contributed by atoms with E-state index < -0.39 is 15.3 Å². The Kier molecular flexibility index (Phi) is 7.15. The Morgan fingerprint density at radius 2 is 2.00 bits per heavy atom. The van der Waals surface area contributed by atoms with Gasteiger partial charge in [-0.25, -0.2) is 8.42 Å². The van der Waals surface area contributed by atoms with Gasteiger partial charge in [-0.05, 0) is 45.9 Å². The number of halogens is 4. The number of sulfone groups is 1. The number of anilines is 1. The Balaban J connectivity index is 1.86. The fraction of sp³-hybridized carbons (Fsp3) is 0.200. The van der Waals surface area contributed by atoms with E-state index >= 15 is 0 Å². The molecule has 3 aromatic rings. The van der Waals surface area contributed by atoms with Gasteiger partial charge in [0.15, 0.2) is 9.84 Å². The molecule has 1 N–H and O–H groups in total. The van der Waals surface area contributed by atoms with E-state index in [1.807, 2.05) is 0 Å². The summed E-state index contributed by atoms with van der Waals surface area (Å²) in [6.07, 6.45) is 1.10. The Bertz CT molecular complexity index is 1290. The van der Waals surface area contributed by atoms with E-state index in [2.05, 4.69) is 33.1 Å². The quantitative estimate of drug-likeness (QED) is 0.305. The first-order valence-electron chi connectivity index (χ1n) is 8.57. The van der Waals surface area contributed by atoms with Crippen molar-refractivity contribution in [1.82, 2.24) is 0 Å². The zero-order chi connectivity index (χ0) is 22.8. The first-order chi connectivity index (χ1) is 14.5. The maximum absolute atomic E-state index is 13.1. The SMILES string of the molecule is COc1cc(S(C)(=O)=O)ccc1NCC#Cc1sc2c(Br)cccc2c1SC(F)(F)F. The molecule has 0 atom stereocenters. The van der Waals surface area contributed by atoms with Crippen LogP contribution in [-0.2, 0) is 9.84 Å². The van der Waals surface area contributed by atoms with Crippen molar-refractivity contribution in [2.45, 2.75) is 15.3 Å². The molecule has 0 bridgehead atoms. The van der Waals surface area contributed by atoms with Crippen LogP contribution in [-0.4, -0.2) is 33.8 Å². The van der Waals surface area contributed by atoms with Crippen LogP contribution in [0.3, 0.4) is 0 Å². The molecular formula is C20H15BrF3NO3S3. The second kappa shape index (κ2) is 9.32. The number of thiophene rings is 1. The maximum Gasteiger partial charge on any atom is 0.446 e. The second-order valence-corrected chi connectivity index (χ2v) is 11.2. The van der Waals surface area contributed by atoms with E-state index in [1.54, 1.807) is 24.3 Å². The number of alkyl halides is 3. The third-order valence-electron chi connectivity index (χ3n) is 4.01. The van der Waals surface area contributed by atoms with Gasteiger partial charge in [0.1, 0.15) is 5.75 Å². The van der Waals surface area contributed by atoms with E-state index in [1.165, 1.54) is 30.6 Å². The highest BCUT2D eigenvalue weighted by Crippen LogP contribution is 2.47. The van der Waals surface area contributed by atoms with Crippen molar-refractivity contribution in [3.05, 3.63) is 45.7 Å². The van der Waals surface area contributed by atoms with E-state index in [0.717, 1.165) is 6.26 Å². The summed E-state index contributed by atoms with van der Waals surface area (Å²) in [4.78, 5) is 0.521. The molecule has 1 aromatic heterocycles. The van der Waals surface area contributed by atoms with Crippen LogP contribution in [0.4, 0.5) is 18.9 Å². The predicted molar refractivity (Wildman–Crippen MR) is 123 cm³/mol. The van der Waals surface area contributed by atoms with Crippen molar-refractivity contribution in [1.29, 1.82) is 0 Å². The standard InChI is InChI=1S/C20H15BrF3NO3S3/c1-28-16-11-12(31(2,26)27)8-9-15(16)25-10-4-7-17-19(30-20(22,23)24)13-5-3-6-14(21)18(13)29-17/h3,5-6,8-9,11,25H,10H2,1-2H3. The van der Waals surface area contributed by atoms with E-state index in [-0.39, 0.29) is 28.1 Å². The molecule has 0 unspecified atom stereocenters. The van der Waals surface area contributed by atoms with Crippen LogP contribution in [0, 0.1) is 11.8 Å². The van der Waals surface area contributed by atoms with Crippen molar-refractivity contribution in [3.63, 3.8) is 0 Å². The van der Waals surface area contributed by atoms with Crippen LogP contribution in [0.1, 0.15) is 4.88 Å². The molecule has 0 saturated heterocycles. The molecule has 4 nitrogen and oxygen atoms in total. The van der Waals surface area contributed by atoms with Gasteiger partial charge in [0.2, 0.25) is 0 Å². The molecule has 3 rings (SSSR count). The average Bonchev–Trinajstić information content (AvgIpc) is 3.02. The van der Waals surface area contributed by atoms with Crippen molar-refractivity contribution in [2.75, 3.05) is 25.2 Å². The van der Waals surface area contributed by atoms with E-state index in [4.69, 9.17) is 4.74 Å². The number of ether oxygens (including phenoxy) is 1. The molecule has 0 fully saturated rings. The zero-order valence-corrected chi connectivity index (χ0v) is 20.2. The van der Waals surface area contributed by atoms with Crippen LogP contribution < -0.4 is 10.1 Å². The fourth-order valence-corrected chi connectivity index (χ4v) is 5.86. The summed E-state index contributed by atoms with van der Waals surface area (Å²) >= 11 is 4.39. The third-order valence-corrected chi connectivity index (χ3v) is 8.19. The van der Waals surface area contributed by atoms with Gasteiger partial charge in [0.05, 0.1) is 38.7 Å². The molecule has 0 radical (unpaired) electrons. The number of hydrogen-bond acceptors (Lipinski definition) is 6. The summed E-state index contributed by atoms with van der Waals surface area (Å²) in [5.74, 6) is 5.98. The van der Waals surface area contributed by atoms with Crippen molar-refractivity contribution >= 4 is 64.6 Å². The van der Waals surface area contributed by atoms with Gasteiger partial charge in [-0.2, -0.15) is 13.2 Å². The lowest BCUT2D eigenvalue weighted by Gasteiger charge is -2.10. The van der Waals surface area contributed by atoms with Gasteiger partial charge in [0.25, 0.3) is 0 Å². The molecule has 0 aliphatic heterocycles. The minimum absolute atomic E-state index is 0.0800. The van der Waals surface area contributed by atoms with Crippen molar-refractivity contribution in [3.8, 4) is 17.6 Å². The lowest BCUT2D eigenvalue weighted by atomic mass is 10.2. The molecule has 0 amide bonds. The monoisotopic (exact) mass is 549 g/mol. The number of methoxy groups -OCH3 is 1. The lowest BCUT2D eigenvalue weighted by Crippen LogP contribution is -2.03. The smallest absolute Gasteiger partial charge is 0.446 e. The molecule has 2 aromatic carbocycles. The van der Waals surface area contributed by atoms with Gasteiger partial charge in [-0.15, -0.1) is 11.3 Å². The van der Waals surface area contributed by atoms with Gasteiger partial charge >= 0.3 is 5.51 Å². The molecule has 0 spiro atoms. The zero-order valence-electron chi connectivity index (χ0n) is 16.1. The van der Waals surface area contributed by atoms with E-state index in [9.17, 15) is 21.6 Å². The molecule has 164 valence electrons. The van der Waals surface area contributed by atoms with Crippen LogP contribution in [0.5, 0.6) is 5.75 Å². The average molecular weight is 550 g/mol. The Morgan fingerprint density at radius 3 is 2.65 bits per heavy atom. The number of thioether (sulfide) groups is 1. The maximum atomic E-state index is 13.1. The number of hydrogen-bond donors (Lipinski definition) is 1. The Morgan fingerprint density at radius 1 is 1.26 bits per heavy atom. The van der Waals surface area contributed by atoms with Crippen LogP contribution >= 0.6 is 39.0 Å². The normalized spacial score (nSPS) is 11.8. The molecule has 0 aliphatic rings. The highest BCUT2D eigenvalue weighted by atomic mass is 79.9. The van der Waals surface area contributed by atoms with Gasteiger partial charge in [-0.1, -0.05) is 24.0 Å². The molecule has 1 heterocycles. The van der Waals surface area contributed by atoms with Crippen molar-refractivity contribution < 1.29 is 26.3 Å². The van der Waals surface area contributed by atoms with E-state index in [0.29, 0.717) is 30.9 Å². The summed E-state index contributed by atoms with van der Waals surface area (Å²) in [5, 5.41) is 3.50. The molecule has 0 saturated carbocycles. The summed E-state index contributed by atoms with van der Waals surface area (Å²) < 4.78 is 69.2. The minimum atomic E-state index is -4.43. The predicted octanol–water partition coefficient (Wildman–Crippen LogP) is 6.15. The first-order valence-corrected chi connectivity index (χ1v) is 12.9. The molecular weight excluding hydrogens is 535 g/mol. The molecule has 0 aliphatic carbocycles. The lowest BCUT2D eigenvalue weighted by molar-refractivity contribution is -0.0327. The first kappa shape index (κ1) is 23.8. The van der Waals surface area contributed by atoms with Crippen LogP contribution in [0.15, 0.2) is 50.7 Å². The molecule has 11 heteroatoms.